The van der Waals surface area contributed by atoms with Gasteiger partial charge in [-0.15, -0.1) is 0 Å². The molecule has 6 rings (SSSR count). The summed E-state index contributed by atoms with van der Waals surface area (Å²) in [6, 6.07) is 4.47. The third-order valence-electron chi connectivity index (χ3n) is 7.83. The van der Waals surface area contributed by atoms with E-state index in [2.05, 4.69) is 25.1 Å². The van der Waals surface area contributed by atoms with E-state index >= 15 is 0 Å². The molecule has 1 spiro atoms. The number of allylic oxidation sites excluding steroid dienone is 1. The molecular formula is C21H24O2. The largest absolute Gasteiger partial charge is 0.493 e. The van der Waals surface area contributed by atoms with Gasteiger partial charge in [0.1, 0.15) is 6.10 Å². The number of benzene rings is 1. The topological polar surface area (TPSA) is 18.5 Å². The fraction of sp³-hybridized carbons (Fsp3) is 0.619. The zero-order valence-electron chi connectivity index (χ0n) is 14.0. The van der Waals surface area contributed by atoms with Crippen LogP contribution in [-0.2, 0) is 11.8 Å². The lowest BCUT2D eigenvalue weighted by molar-refractivity contribution is 0.0708. The number of hydrogen-bond acceptors (Lipinski definition) is 2. The molecule has 2 heteroatoms. The zero-order valence-corrected chi connectivity index (χ0v) is 14.0. The summed E-state index contributed by atoms with van der Waals surface area (Å²) in [5, 5.41) is 0. The zero-order chi connectivity index (χ0) is 15.3. The van der Waals surface area contributed by atoms with Gasteiger partial charge >= 0.3 is 0 Å². The van der Waals surface area contributed by atoms with E-state index in [0.717, 1.165) is 35.7 Å². The van der Waals surface area contributed by atoms with Gasteiger partial charge in [-0.25, -0.2) is 0 Å². The molecule has 4 aliphatic carbocycles. The van der Waals surface area contributed by atoms with Gasteiger partial charge < -0.3 is 9.47 Å². The van der Waals surface area contributed by atoms with Gasteiger partial charge in [-0.2, -0.15) is 0 Å². The molecule has 0 amide bonds. The van der Waals surface area contributed by atoms with E-state index in [0.29, 0.717) is 12.0 Å². The average molecular weight is 308 g/mol. The van der Waals surface area contributed by atoms with Crippen molar-refractivity contribution < 1.29 is 9.47 Å². The van der Waals surface area contributed by atoms with Crippen LogP contribution < -0.4 is 9.47 Å². The van der Waals surface area contributed by atoms with Crippen LogP contribution in [0, 0.1) is 23.7 Å². The van der Waals surface area contributed by atoms with Gasteiger partial charge in [0.2, 0.25) is 0 Å². The van der Waals surface area contributed by atoms with Crippen molar-refractivity contribution in [2.24, 2.45) is 23.7 Å². The van der Waals surface area contributed by atoms with Crippen LogP contribution in [0.5, 0.6) is 11.5 Å². The van der Waals surface area contributed by atoms with Crippen LogP contribution in [0.3, 0.4) is 0 Å². The second-order valence-corrected chi connectivity index (χ2v) is 8.48. The standard InChI is InChI=1S/C21H24O2/c1-11-8-16-13-4-3-5-15-14(13)10-12-6-7-17(22-2)20-19(12)21(15,16)18(9-11)23-20/h6-8,13-16,18H,3-5,9-10H2,1-2H3/t13-,14?,15?,16+,18+,21-/m1/s1. The van der Waals surface area contributed by atoms with Gasteiger partial charge in [0.15, 0.2) is 11.5 Å². The highest BCUT2D eigenvalue weighted by molar-refractivity contribution is 5.63. The van der Waals surface area contributed by atoms with E-state index in [-0.39, 0.29) is 5.41 Å². The number of rotatable bonds is 1. The molecule has 23 heavy (non-hydrogen) atoms. The Morgan fingerprint density at radius 3 is 2.96 bits per heavy atom. The van der Waals surface area contributed by atoms with Crippen LogP contribution in [0.1, 0.15) is 43.7 Å². The maximum Gasteiger partial charge on any atom is 0.165 e. The molecule has 6 atom stereocenters. The maximum atomic E-state index is 6.66. The van der Waals surface area contributed by atoms with Crippen molar-refractivity contribution in [1.29, 1.82) is 0 Å². The average Bonchev–Trinajstić information content (AvgIpc) is 2.90. The molecule has 2 nitrogen and oxygen atoms in total. The summed E-state index contributed by atoms with van der Waals surface area (Å²) in [6.45, 7) is 2.31. The third-order valence-corrected chi connectivity index (χ3v) is 7.83. The first-order chi connectivity index (χ1) is 11.2. The lowest BCUT2D eigenvalue weighted by atomic mass is 9.56. The number of methoxy groups -OCH3 is 1. The summed E-state index contributed by atoms with van der Waals surface area (Å²) < 4.78 is 12.3. The lowest BCUT2D eigenvalue weighted by Gasteiger charge is -2.46. The summed E-state index contributed by atoms with van der Waals surface area (Å²) in [6.07, 6.45) is 9.60. The van der Waals surface area contributed by atoms with E-state index in [1.54, 1.807) is 18.2 Å². The molecule has 1 aliphatic heterocycles. The number of hydrogen-bond donors (Lipinski definition) is 0. The first-order valence-electron chi connectivity index (χ1n) is 9.29. The smallest absolute Gasteiger partial charge is 0.165 e. The Morgan fingerprint density at radius 1 is 1.17 bits per heavy atom. The van der Waals surface area contributed by atoms with E-state index in [9.17, 15) is 0 Å². The molecule has 2 saturated carbocycles. The van der Waals surface area contributed by atoms with Crippen LogP contribution in [-0.4, -0.2) is 13.2 Å². The highest BCUT2D eigenvalue weighted by atomic mass is 16.5. The Labute approximate surface area is 137 Å². The highest BCUT2D eigenvalue weighted by Gasteiger charge is 2.71. The summed E-state index contributed by atoms with van der Waals surface area (Å²) in [5.41, 5.74) is 4.92. The van der Waals surface area contributed by atoms with Crippen LogP contribution in [0.4, 0.5) is 0 Å². The Balaban J connectivity index is 1.70. The second kappa shape index (κ2) is 3.96. The fourth-order valence-corrected chi connectivity index (χ4v) is 7.36. The first-order valence-corrected chi connectivity index (χ1v) is 9.29. The molecule has 0 saturated heterocycles. The summed E-state index contributed by atoms with van der Waals surface area (Å²) in [4.78, 5) is 0. The molecule has 4 bridgehead atoms. The predicted octanol–water partition coefficient (Wildman–Crippen LogP) is 4.26. The molecule has 0 N–H and O–H groups in total. The molecular weight excluding hydrogens is 284 g/mol. The summed E-state index contributed by atoms with van der Waals surface area (Å²) >= 11 is 0. The maximum absolute atomic E-state index is 6.66. The Bertz CT molecular complexity index is 748. The van der Waals surface area contributed by atoms with E-state index in [1.165, 1.54) is 31.3 Å². The van der Waals surface area contributed by atoms with Crippen molar-refractivity contribution >= 4 is 0 Å². The Kier molecular flexibility index (Phi) is 2.23. The SMILES string of the molecule is COc1ccc2c3c1O[C@H]1CC(C)=C[C@H]4[C@@H]5CCCC(C5C2)[C@]314. The highest BCUT2D eigenvalue weighted by Crippen LogP contribution is 2.73. The Morgan fingerprint density at radius 2 is 2.09 bits per heavy atom. The minimum absolute atomic E-state index is 0.267. The van der Waals surface area contributed by atoms with Crippen molar-refractivity contribution in [1.82, 2.24) is 0 Å². The normalized spacial score (nSPS) is 44.4. The summed E-state index contributed by atoms with van der Waals surface area (Å²) in [7, 11) is 1.78. The molecule has 5 aliphatic rings. The van der Waals surface area contributed by atoms with Gasteiger partial charge in [0.25, 0.3) is 0 Å². The van der Waals surface area contributed by atoms with E-state index in [4.69, 9.17) is 9.47 Å². The summed E-state index contributed by atoms with van der Waals surface area (Å²) in [5.74, 6) is 5.33. The van der Waals surface area contributed by atoms with E-state index in [1.807, 2.05) is 0 Å². The van der Waals surface area contributed by atoms with Gasteiger partial charge in [0.05, 0.1) is 7.11 Å². The lowest BCUT2D eigenvalue weighted by Crippen LogP contribution is -2.50. The van der Waals surface area contributed by atoms with Gasteiger partial charge in [-0.3, -0.25) is 0 Å². The molecule has 1 heterocycles. The molecule has 2 fully saturated rings. The van der Waals surface area contributed by atoms with Crippen molar-refractivity contribution in [3.05, 3.63) is 34.9 Å². The Hall–Kier alpha value is -1.44. The molecule has 120 valence electrons. The van der Waals surface area contributed by atoms with Gasteiger partial charge in [-0.1, -0.05) is 24.1 Å². The van der Waals surface area contributed by atoms with Gasteiger partial charge in [0, 0.05) is 17.4 Å². The number of fused-ring (bicyclic) bond motifs is 1. The van der Waals surface area contributed by atoms with Crippen LogP contribution in [0.25, 0.3) is 0 Å². The van der Waals surface area contributed by atoms with E-state index < -0.39 is 0 Å². The minimum Gasteiger partial charge on any atom is -0.493 e. The van der Waals surface area contributed by atoms with Crippen molar-refractivity contribution in [3.63, 3.8) is 0 Å². The quantitative estimate of drug-likeness (QED) is 0.722. The molecule has 0 radical (unpaired) electrons. The van der Waals surface area contributed by atoms with Crippen molar-refractivity contribution in [2.75, 3.05) is 7.11 Å². The van der Waals surface area contributed by atoms with Gasteiger partial charge in [-0.05, 0) is 61.5 Å². The fourth-order valence-electron chi connectivity index (χ4n) is 7.36. The van der Waals surface area contributed by atoms with Crippen molar-refractivity contribution in [2.45, 2.75) is 50.5 Å². The monoisotopic (exact) mass is 308 g/mol. The van der Waals surface area contributed by atoms with Crippen molar-refractivity contribution in [3.8, 4) is 11.5 Å². The van der Waals surface area contributed by atoms with Crippen LogP contribution >= 0.6 is 0 Å². The minimum atomic E-state index is 0.267. The predicted molar refractivity (Wildman–Crippen MR) is 89.0 cm³/mol. The third kappa shape index (κ3) is 1.24. The number of ether oxygens (including phenoxy) is 2. The molecule has 1 aromatic rings. The van der Waals surface area contributed by atoms with Crippen LogP contribution in [0.2, 0.25) is 0 Å². The molecule has 0 aromatic heterocycles. The first kappa shape index (κ1) is 12.9. The second-order valence-electron chi connectivity index (χ2n) is 8.48. The molecule has 1 aromatic carbocycles. The van der Waals surface area contributed by atoms with Crippen LogP contribution in [0.15, 0.2) is 23.8 Å². The molecule has 2 unspecified atom stereocenters.